The molecule has 0 aromatic carbocycles. The molecule has 2 heterocycles. The summed E-state index contributed by atoms with van der Waals surface area (Å²) in [5, 5.41) is 14.5. The number of hydrogen-bond donors (Lipinski definition) is 2. The van der Waals surface area contributed by atoms with Gasteiger partial charge in [-0.3, -0.25) is 14.9 Å². The second-order valence-electron chi connectivity index (χ2n) is 2.95. The van der Waals surface area contributed by atoms with Crippen LogP contribution in [0.2, 0.25) is 0 Å². The molecular formula is C9H8N4O2S2. The van der Waals surface area contributed by atoms with E-state index in [1.807, 2.05) is 0 Å². The lowest BCUT2D eigenvalue weighted by Crippen LogP contribution is -2.32. The van der Waals surface area contributed by atoms with Crippen LogP contribution in [0.15, 0.2) is 23.0 Å². The van der Waals surface area contributed by atoms with Gasteiger partial charge in [-0.15, -0.1) is 21.5 Å². The van der Waals surface area contributed by atoms with E-state index in [4.69, 9.17) is 0 Å². The zero-order valence-corrected chi connectivity index (χ0v) is 10.2. The molecule has 0 unspecified atom stereocenters. The van der Waals surface area contributed by atoms with Crippen molar-refractivity contribution in [1.29, 1.82) is 0 Å². The van der Waals surface area contributed by atoms with Crippen molar-refractivity contribution in [3.63, 3.8) is 0 Å². The molecule has 17 heavy (non-hydrogen) atoms. The van der Waals surface area contributed by atoms with Crippen LogP contribution in [0.1, 0.15) is 9.67 Å². The van der Waals surface area contributed by atoms with Crippen molar-refractivity contribution in [2.24, 2.45) is 0 Å². The van der Waals surface area contributed by atoms with E-state index < -0.39 is 0 Å². The number of amides is 2. The van der Waals surface area contributed by atoms with Gasteiger partial charge in [0.05, 0.1) is 11.4 Å². The second kappa shape index (κ2) is 5.51. The summed E-state index contributed by atoms with van der Waals surface area (Å²) in [5.74, 6) is -0.584. The van der Waals surface area contributed by atoms with Crippen molar-refractivity contribution in [3.8, 4) is 0 Å². The van der Waals surface area contributed by atoms with Crippen molar-refractivity contribution >= 4 is 39.6 Å². The molecule has 0 bridgehead atoms. The highest BCUT2D eigenvalue weighted by Crippen LogP contribution is 2.08. The van der Waals surface area contributed by atoms with Crippen molar-refractivity contribution in [1.82, 2.24) is 15.5 Å². The van der Waals surface area contributed by atoms with Crippen LogP contribution < -0.4 is 10.6 Å². The lowest BCUT2D eigenvalue weighted by molar-refractivity contribution is -0.115. The van der Waals surface area contributed by atoms with Gasteiger partial charge in [0, 0.05) is 0 Å². The van der Waals surface area contributed by atoms with Crippen LogP contribution in [0.3, 0.4) is 0 Å². The third-order valence-corrected chi connectivity index (χ3v) is 3.24. The SMILES string of the molecule is O=C(CNC(=O)c1cccs1)Nc1nncs1. The Bertz CT molecular complexity index is 495. The summed E-state index contributed by atoms with van der Waals surface area (Å²) >= 11 is 2.54. The Morgan fingerprint density at radius 2 is 2.24 bits per heavy atom. The van der Waals surface area contributed by atoms with E-state index in [2.05, 4.69) is 20.8 Å². The van der Waals surface area contributed by atoms with E-state index in [9.17, 15) is 9.59 Å². The van der Waals surface area contributed by atoms with Gasteiger partial charge in [-0.25, -0.2) is 0 Å². The Morgan fingerprint density at radius 3 is 2.88 bits per heavy atom. The third kappa shape index (κ3) is 3.33. The quantitative estimate of drug-likeness (QED) is 0.865. The summed E-state index contributed by atoms with van der Waals surface area (Å²) in [6, 6.07) is 3.48. The van der Waals surface area contributed by atoms with Gasteiger partial charge in [-0.05, 0) is 11.4 Å². The number of thiophene rings is 1. The van der Waals surface area contributed by atoms with E-state index in [1.165, 1.54) is 28.2 Å². The fourth-order valence-electron chi connectivity index (χ4n) is 1.05. The van der Waals surface area contributed by atoms with Gasteiger partial charge in [-0.2, -0.15) is 0 Å². The summed E-state index contributed by atoms with van der Waals surface area (Å²) in [7, 11) is 0. The fraction of sp³-hybridized carbons (Fsp3) is 0.111. The first-order valence-corrected chi connectivity index (χ1v) is 6.39. The lowest BCUT2D eigenvalue weighted by atomic mass is 10.4. The van der Waals surface area contributed by atoms with E-state index >= 15 is 0 Å². The molecule has 0 aliphatic carbocycles. The molecule has 2 amide bonds. The Morgan fingerprint density at radius 1 is 1.35 bits per heavy atom. The summed E-state index contributed by atoms with van der Waals surface area (Å²) in [5.41, 5.74) is 1.51. The number of nitrogens with one attached hydrogen (secondary N) is 2. The topological polar surface area (TPSA) is 84.0 Å². The lowest BCUT2D eigenvalue weighted by Gasteiger charge is -2.02. The highest BCUT2D eigenvalue weighted by atomic mass is 32.1. The molecule has 0 aliphatic rings. The van der Waals surface area contributed by atoms with Gasteiger partial charge >= 0.3 is 0 Å². The second-order valence-corrected chi connectivity index (χ2v) is 4.73. The highest BCUT2D eigenvalue weighted by molar-refractivity contribution is 7.13. The summed E-state index contributed by atoms with van der Waals surface area (Å²) in [6.45, 7) is -0.0870. The average molecular weight is 268 g/mol. The molecule has 0 spiro atoms. The number of hydrogen-bond acceptors (Lipinski definition) is 6. The number of aromatic nitrogens is 2. The smallest absolute Gasteiger partial charge is 0.261 e. The zero-order chi connectivity index (χ0) is 12.1. The van der Waals surface area contributed by atoms with Gasteiger partial charge < -0.3 is 5.32 Å². The molecule has 0 saturated heterocycles. The summed E-state index contributed by atoms with van der Waals surface area (Å²) in [4.78, 5) is 23.5. The predicted molar refractivity (Wildman–Crippen MR) is 65.2 cm³/mol. The normalized spacial score (nSPS) is 9.88. The number of anilines is 1. The van der Waals surface area contributed by atoms with E-state index in [0.717, 1.165) is 0 Å². The van der Waals surface area contributed by atoms with Crippen molar-refractivity contribution in [2.45, 2.75) is 0 Å². The van der Waals surface area contributed by atoms with Crippen LogP contribution >= 0.6 is 22.7 Å². The maximum Gasteiger partial charge on any atom is 0.261 e. The van der Waals surface area contributed by atoms with Gasteiger partial charge in [0.15, 0.2) is 0 Å². The maximum absolute atomic E-state index is 11.5. The van der Waals surface area contributed by atoms with Crippen LogP contribution in [0.5, 0.6) is 0 Å². The molecule has 2 aromatic heterocycles. The van der Waals surface area contributed by atoms with Crippen molar-refractivity contribution < 1.29 is 9.59 Å². The summed E-state index contributed by atoms with van der Waals surface area (Å²) < 4.78 is 0. The predicted octanol–water partition coefficient (Wildman–Crippen LogP) is 0.968. The van der Waals surface area contributed by atoms with Gasteiger partial charge in [0.2, 0.25) is 11.0 Å². The third-order valence-electron chi connectivity index (χ3n) is 1.76. The van der Waals surface area contributed by atoms with Crippen LogP contribution in [0.4, 0.5) is 5.13 Å². The number of carbonyl (C=O) groups is 2. The molecular weight excluding hydrogens is 260 g/mol. The largest absolute Gasteiger partial charge is 0.342 e. The molecule has 0 saturated carbocycles. The van der Waals surface area contributed by atoms with E-state index in [1.54, 1.807) is 17.5 Å². The molecule has 8 heteroatoms. The number of carbonyl (C=O) groups excluding carboxylic acids is 2. The summed E-state index contributed by atoms with van der Waals surface area (Å²) in [6.07, 6.45) is 0. The molecule has 0 radical (unpaired) electrons. The number of nitrogens with zero attached hydrogens (tertiary/aromatic N) is 2. The van der Waals surface area contributed by atoms with Gasteiger partial charge in [0.25, 0.3) is 5.91 Å². The van der Waals surface area contributed by atoms with Crippen LogP contribution in [0.25, 0.3) is 0 Å². The van der Waals surface area contributed by atoms with E-state index in [-0.39, 0.29) is 18.4 Å². The Hall–Kier alpha value is -1.80. The Kier molecular flexibility index (Phi) is 3.78. The van der Waals surface area contributed by atoms with Crippen LogP contribution in [-0.2, 0) is 4.79 Å². The van der Waals surface area contributed by atoms with Gasteiger partial charge in [-0.1, -0.05) is 17.4 Å². The minimum absolute atomic E-state index is 0.0870. The average Bonchev–Trinajstić information content (AvgIpc) is 2.97. The molecule has 2 aromatic rings. The maximum atomic E-state index is 11.5. The Labute approximate surface area is 105 Å². The number of rotatable bonds is 4. The molecule has 2 rings (SSSR count). The molecule has 0 fully saturated rings. The molecule has 88 valence electrons. The minimum atomic E-state index is -0.327. The first kappa shape index (κ1) is 11.7. The Balaban J connectivity index is 1.79. The zero-order valence-electron chi connectivity index (χ0n) is 8.54. The highest BCUT2D eigenvalue weighted by Gasteiger charge is 2.09. The van der Waals surface area contributed by atoms with Crippen molar-refractivity contribution in [2.75, 3.05) is 11.9 Å². The first-order valence-electron chi connectivity index (χ1n) is 4.63. The monoisotopic (exact) mass is 268 g/mol. The first-order chi connectivity index (χ1) is 8.25. The molecule has 0 aliphatic heterocycles. The van der Waals surface area contributed by atoms with Gasteiger partial charge in [0.1, 0.15) is 5.51 Å². The molecule has 0 atom stereocenters. The van der Waals surface area contributed by atoms with Crippen molar-refractivity contribution in [3.05, 3.63) is 27.9 Å². The fourth-order valence-corrected chi connectivity index (χ4v) is 2.15. The van der Waals surface area contributed by atoms with Crippen LogP contribution in [0, 0.1) is 0 Å². The van der Waals surface area contributed by atoms with Crippen LogP contribution in [-0.4, -0.2) is 28.6 Å². The molecule has 2 N–H and O–H groups in total. The standard InChI is InChI=1S/C9H8N4O2S2/c14-7(12-9-13-11-5-17-9)4-10-8(15)6-2-1-3-16-6/h1-3,5H,4H2,(H,10,15)(H,12,13,14). The molecule has 6 nitrogen and oxygen atoms in total. The van der Waals surface area contributed by atoms with E-state index in [0.29, 0.717) is 10.0 Å². The minimum Gasteiger partial charge on any atom is -0.342 e.